The first kappa shape index (κ1) is 32.7. The number of carboxylic acid groups (broad SMARTS) is 1. The highest BCUT2D eigenvalue weighted by atomic mass is 35.5. The Morgan fingerprint density at radius 1 is 0.955 bits per heavy atom. The number of thiocarbonyl (C=S) groups is 1. The van der Waals surface area contributed by atoms with Crippen LogP contribution >= 0.6 is 23.8 Å². The Hall–Kier alpha value is -4.19. The van der Waals surface area contributed by atoms with Crippen molar-refractivity contribution >= 4 is 57.4 Å². The molecule has 232 valence electrons. The van der Waals surface area contributed by atoms with Crippen LogP contribution in [0.15, 0.2) is 68.8 Å². The first-order chi connectivity index (χ1) is 21.3. The fourth-order valence-corrected chi connectivity index (χ4v) is 5.15. The molecule has 0 aromatic heterocycles. The molecule has 0 radical (unpaired) electrons. The number of aromatic hydroxyl groups is 1. The Bertz CT molecular complexity index is 1670. The Labute approximate surface area is 265 Å². The number of phenols is 1. The number of nitrogens with two attached hydrogens (primary N) is 1. The molecule has 0 spiro atoms. The zero-order chi connectivity index (χ0) is 31.5. The van der Waals surface area contributed by atoms with Crippen LogP contribution in [0, 0.1) is 0 Å². The molecule has 12 heteroatoms. The zero-order valence-electron chi connectivity index (χ0n) is 24.2. The van der Waals surface area contributed by atoms with Gasteiger partial charge in [-0.2, -0.15) is 0 Å². The molecule has 0 saturated heterocycles. The number of benzene rings is 3. The predicted octanol–water partition coefficient (Wildman–Crippen LogP) is 5.39. The predicted molar refractivity (Wildman–Crippen MR) is 181 cm³/mol. The van der Waals surface area contributed by atoms with E-state index in [0.717, 1.165) is 45.2 Å². The fraction of sp³-hybridized carbons (Fsp3) is 0.312. The molecule has 1 aliphatic carbocycles. The number of aliphatic imine (C=N–C) groups is 1. The molecular formula is C32H36ClN5O5S. The maximum Gasteiger partial charge on any atom is 0.336 e. The first-order valence-electron chi connectivity index (χ1n) is 14.4. The quantitative estimate of drug-likeness (QED) is 0.0249. The second kappa shape index (κ2) is 16.0. The summed E-state index contributed by atoms with van der Waals surface area (Å²) in [5.41, 5.74) is 7.84. The van der Waals surface area contributed by atoms with Gasteiger partial charge in [-0.15, -0.1) is 11.6 Å². The maximum atomic E-state index is 12.4. The van der Waals surface area contributed by atoms with E-state index in [4.69, 9.17) is 34.0 Å². The van der Waals surface area contributed by atoms with Gasteiger partial charge in [0.25, 0.3) is 0 Å². The molecule has 4 rings (SSSR count). The number of nitrogens with one attached hydrogen (secondary N) is 3. The smallest absolute Gasteiger partial charge is 0.336 e. The molecule has 1 aliphatic heterocycles. The molecule has 0 saturated carbocycles. The molecule has 10 nitrogen and oxygen atoms in total. The van der Waals surface area contributed by atoms with Gasteiger partial charge in [0.2, 0.25) is 0 Å². The van der Waals surface area contributed by atoms with Crippen molar-refractivity contribution < 1.29 is 19.4 Å². The van der Waals surface area contributed by atoms with Gasteiger partial charge in [0.1, 0.15) is 22.9 Å². The van der Waals surface area contributed by atoms with Gasteiger partial charge in [-0.05, 0) is 93.0 Å². The van der Waals surface area contributed by atoms with Gasteiger partial charge in [0, 0.05) is 47.4 Å². The van der Waals surface area contributed by atoms with Gasteiger partial charge in [-0.3, -0.25) is 9.79 Å². The number of hydrogen-bond donors (Lipinski definition) is 6. The van der Waals surface area contributed by atoms with Crippen LogP contribution in [0.5, 0.6) is 5.75 Å². The van der Waals surface area contributed by atoms with E-state index < -0.39 is 5.97 Å². The number of halogens is 1. The van der Waals surface area contributed by atoms with Crippen molar-refractivity contribution in [3.63, 3.8) is 0 Å². The first-order valence-corrected chi connectivity index (χ1v) is 15.4. The van der Waals surface area contributed by atoms with E-state index in [1.807, 2.05) is 0 Å². The van der Waals surface area contributed by atoms with Gasteiger partial charge in [-0.1, -0.05) is 12.5 Å². The van der Waals surface area contributed by atoms with Crippen LogP contribution in [0.1, 0.15) is 42.5 Å². The molecule has 1 heterocycles. The monoisotopic (exact) mass is 637 g/mol. The summed E-state index contributed by atoms with van der Waals surface area (Å²) in [6.07, 6.45) is 5.03. The molecule has 0 amide bonds. The number of aromatic carboxylic acids is 1. The van der Waals surface area contributed by atoms with Crippen molar-refractivity contribution in [1.82, 2.24) is 10.6 Å². The lowest BCUT2D eigenvalue weighted by Crippen LogP contribution is -2.29. The number of phenolic OH excluding ortho intramolecular Hbond substituents is 1. The summed E-state index contributed by atoms with van der Waals surface area (Å²) in [6, 6.07) is 14.0. The molecule has 0 bridgehead atoms. The molecular weight excluding hydrogens is 602 g/mol. The van der Waals surface area contributed by atoms with Gasteiger partial charge in [0.05, 0.1) is 11.4 Å². The molecule has 2 aromatic carbocycles. The summed E-state index contributed by atoms with van der Waals surface area (Å²) in [7, 11) is 0. The topological polar surface area (TPSA) is 162 Å². The molecule has 0 fully saturated rings. The second-order valence-electron chi connectivity index (χ2n) is 10.3. The summed E-state index contributed by atoms with van der Waals surface area (Å²) in [6.45, 7) is 3.28. The molecule has 44 heavy (non-hydrogen) atoms. The van der Waals surface area contributed by atoms with Crippen molar-refractivity contribution in [2.24, 2.45) is 10.7 Å². The minimum absolute atomic E-state index is 0.0109. The number of rotatable bonds is 15. The highest BCUT2D eigenvalue weighted by Gasteiger charge is 2.22. The lowest BCUT2D eigenvalue weighted by Gasteiger charge is -2.18. The highest BCUT2D eigenvalue weighted by Crippen LogP contribution is 2.42. The van der Waals surface area contributed by atoms with Crippen LogP contribution in [0.25, 0.3) is 33.4 Å². The van der Waals surface area contributed by atoms with E-state index in [1.54, 1.807) is 24.3 Å². The molecule has 7 N–H and O–H groups in total. The SMILES string of the molecule is NC(CCl)=NCCCCNCCCCCNC(=S)Nc1ccc(-c2c3ccc(=O)cc-3oc3cc(O)ccc23)c(C(=O)O)c1. The van der Waals surface area contributed by atoms with Crippen LogP contribution in [0.4, 0.5) is 5.69 Å². The molecule has 0 unspecified atom stereocenters. The average Bonchev–Trinajstić information content (AvgIpc) is 3.00. The van der Waals surface area contributed by atoms with E-state index in [9.17, 15) is 19.8 Å². The highest BCUT2D eigenvalue weighted by molar-refractivity contribution is 7.80. The van der Waals surface area contributed by atoms with Gasteiger partial charge >= 0.3 is 5.97 Å². The van der Waals surface area contributed by atoms with Gasteiger partial charge < -0.3 is 36.3 Å². The van der Waals surface area contributed by atoms with Crippen LogP contribution in [0.3, 0.4) is 0 Å². The lowest BCUT2D eigenvalue weighted by molar-refractivity contribution is 0.0697. The minimum atomic E-state index is -1.12. The van der Waals surface area contributed by atoms with Crippen LogP contribution in [-0.2, 0) is 0 Å². The van der Waals surface area contributed by atoms with E-state index in [1.165, 1.54) is 30.3 Å². The number of nitrogens with zero attached hydrogens (tertiary/aromatic N) is 1. The summed E-state index contributed by atoms with van der Waals surface area (Å²) in [5, 5.41) is 30.9. The number of amidine groups is 1. The van der Waals surface area contributed by atoms with Crippen molar-refractivity contribution in [2.45, 2.75) is 32.1 Å². The van der Waals surface area contributed by atoms with Crippen molar-refractivity contribution in [1.29, 1.82) is 0 Å². The summed E-state index contributed by atoms with van der Waals surface area (Å²) in [5.74, 6) is -0.0854. The van der Waals surface area contributed by atoms with Crippen LogP contribution in [0.2, 0.25) is 0 Å². The number of unbranched alkanes of at least 4 members (excludes halogenated alkanes) is 3. The Kier molecular flexibility index (Phi) is 11.9. The van der Waals surface area contributed by atoms with E-state index in [0.29, 0.717) is 63.1 Å². The summed E-state index contributed by atoms with van der Waals surface area (Å²) >= 11 is 11.0. The van der Waals surface area contributed by atoms with Gasteiger partial charge in [-0.25, -0.2) is 4.79 Å². The molecule has 0 atom stereocenters. The fourth-order valence-electron chi connectivity index (χ4n) is 4.85. The average molecular weight is 638 g/mol. The van der Waals surface area contributed by atoms with E-state index in [2.05, 4.69) is 20.9 Å². The van der Waals surface area contributed by atoms with Crippen LogP contribution in [-0.4, -0.2) is 59.2 Å². The molecule has 2 aliphatic rings. The largest absolute Gasteiger partial charge is 0.508 e. The third-order valence-corrected chi connectivity index (χ3v) is 7.50. The van der Waals surface area contributed by atoms with E-state index >= 15 is 0 Å². The number of fused-ring (bicyclic) bond motifs is 2. The van der Waals surface area contributed by atoms with E-state index in [-0.39, 0.29) is 22.6 Å². The maximum absolute atomic E-state index is 12.4. The zero-order valence-corrected chi connectivity index (χ0v) is 25.8. The number of carbonyl (C=O) groups is 1. The number of alkyl halides is 1. The van der Waals surface area contributed by atoms with Crippen molar-refractivity contribution in [2.75, 3.05) is 37.4 Å². The van der Waals surface area contributed by atoms with Crippen molar-refractivity contribution in [3.8, 4) is 28.2 Å². The lowest BCUT2D eigenvalue weighted by atomic mass is 9.90. The Balaban J connectivity index is 1.33. The van der Waals surface area contributed by atoms with Crippen molar-refractivity contribution in [3.05, 3.63) is 70.4 Å². The van der Waals surface area contributed by atoms with Gasteiger partial charge in [0.15, 0.2) is 10.5 Å². The normalized spacial score (nSPS) is 11.6. The Morgan fingerprint density at radius 3 is 2.48 bits per heavy atom. The summed E-state index contributed by atoms with van der Waals surface area (Å²) < 4.78 is 5.89. The number of carboxylic acids is 1. The Morgan fingerprint density at radius 2 is 1.70 bits per heavy atom. The second-order valence-corrected chi connectivity index (χ2v) is 11.0. The number of hydrogen-bond acceptors (Lipinski definition) is 7. The standard InChI is InChI=1S/C32H36ClN5O5S/c33-19-29(34)36-14-5-4-13-35-12-2-1-3-15-37-32(44)38-20-6-9-23(26(16-20)31(41)42)30-24-10-7-21(39)17-27(24)43-28-18-22(40)8-11-25(28)30/h6-11,16-18,35,39H,1-5,12-15,19H2,(H2,34,36)(H,41,42)(H2,37,38,44). The number of anilines is 1. The molecule has 2 aromatic rings. The van der Waals surface area contributed by atoms with Crippen LogP contribution < -0.4 is 27.1 Å². The summed E-state index contributed by atoms with van der Waals surface area (Å²) in [4.78, 5) is 28.6. The third-order valence-electron chi connectivity index (χ3n) is 6.98. The third kappa shape index (κ3) is 8.91. The minimum Gasteiger partial charge on any atom is -0.508 e.